The fraction of sp³-hybridized carbons (Fsp3) is 0.167. The maximum Gasteiger partial charge on any atom is 0.414 e. The lowest BCUT2D eigenvalue weighted by Gasteiger charge is -2.13. The summed E-state index contributed by atoms with van der Waals surface area (Å²) in [6.07, 6.45) is -1.23. The molecule has 1 N–H and O–H groups in total. The molecule has 4 nitrogen and oxygen atoms in total. The molecule has 1 atom stereocenters. The number of aliphatic hydroxyl groups excluding tert-OH is 1. The van der Waals surface area contributed by atoms with Crippen molar-refractivity contribution in [3.63, 3.8) is 0 Å². The van der Waals surface area contributed by atoms with Gasteiger partial charge in [-0.15, -0.1) is 0 Å². The number of rotatable bonds is 2. The fourth-order valence-electron chi connectivity index (χ4n) is 2.37. The van der Waals surface area contributed by atoms with Crippen molar-refractivity contribution in [2.45, 2.75) is 6.10 Å². The van der Waals surface area contributed by atoms with Crippen molar-refractivity contribution in [1.29, 1.82) is 0 Å². The zero-order valence-electron chi connectivity index (χ0n) is 12.8. The summed E-state index contributed by atoms with van der Waals surface area (Å²) < 4.78 is 19.2. The molecule has 1 heterocycles. The number of anilines is 1. The molecule has 2 aromatic rings. The van der Waals surface area contributed by atoms with Crippen LogP contribution >= 0.6 is 23.2 Å². The molecule has 1 aliphatic heterocycles. The van der Waals surface area contributed by atoms with E-state index >= 15 is 0 Å². The maximum atomic E-state index is 14.3. The van der Waals surface area contributed by atoms with Gasteiger partial charge in [-0.05, 0) is 36.4 Å². The van der Waals surface area contributed by atoms with Crippen molar-refractivity contribution in [3.8, 4) is 11.8 Å². The number of hydrogen-bond acceptors (Lipinski definition) is 3. The van der Waals surface area contributed by atoms with Crippen molar-refractivity contribution >= 4 is 35.0 Å². The number of carbonyl (C=O) groups excluding carboxylic acids is 1. The smallest absolute Gasteiger partial charge is 0.414 e. The van der Waals surface area contributed by atoms with Crippen molar-refractivity contribution in [1.82, 2.24) is 0 Å². The molecule has 25 heavy (non-hydrogen) atoms. The number of benzene rings is 2. The topological polar surface area (TPSA) is 49.8 Å². The van der Waals surface area contributed by atoms with Crippen LogP contribution in [0.25, 0.3) is 0 Å². The molecule has 3 rings (SSSR count). The Bertz CT molecular complexity index is 871. The predicted molar refractivity (Wildman–Crippen MR) is 93.5 cm³/mol. The molecule has 0 bridgehead atoms. The number of halogens is 3. The predicted octanol–water partition coefficient (Wildman–Crippen LogP) is 3.85. The van der Waals surface area contributed by atoms with Gasteiger partial charge in [0.15, 0.2) is 0 Å². The quantitative estimate of drug-likeness (QED) is 0.806. The molecular weight excluding hydrogens is 368 g/mol. The van der Waals surface area contributed by atoms with Crippen LogP contribution < -0.4 is 4.90 Å². The van der Waals surface area contributed by atoms with Gasteiger partial charge in [-0.1, -0.05) is 35.0 Å². The van der Waals surface area contributed by atoms with Gasteiger partial charge in [0.1, 0.15) is 11.9 Å². The third kappa shape index (κ3) is 4.05. The molecule has 128 valence electrons. The summed E-state index contributed by atoms with van der Waals surface area (Å²) in [6, 6.07) is 9.08. The van der Waals surface area contributed by atoms with Crippen LogP contribution in [0.1, 0.15) is 11.1 Å². The molecule has 1 aliphatic rings. The van der Waals surface area contributed by atoms with E-state index in [1.807, 2.05) is 0 Å². The molecular formula is C18H12Cl2FNO3. The second kappa shape index (κ2) is 7.32. The molecule has 1 fully saturated rings. The van der Waals surface area contributed by atoms with E-state index in [0.717, 1.165) is 0 Å². The minimum atomic E-state index is -0.620. The van der Waals surface area contributed by atoms with Crippen molar-refractivity contribution < 1.29 is 19.0 Å². The monoisotopic (exact) mass is 379 g/mol. The first-order valence-electron chi connectivity index (χ1n) is 7.33. The van der Waals surface area contributed by atoms with E-state index in [1.165, 1.54) is 17.0 Å². The van der Waals surface area contributed by atoms with Gasteiger partial charge in [-0.3, -0.25) is 4.90 Å². The highest BCUT2D eigenvalue weighted by molar-refractivity contribution is 6.34. The summed E-state index contributed by atoms with van der Waals surface area (Å²) in [4.78, 5) is 13.0. The van der Waals surface area contributed by atoms with E-state index in [-0.39, 0.29) is 18.7 Å². The van der Waals surface area contributed by atoms with Crippen molar-refractivity contribution in [3.05, 3.63) is 63.4 Å². The summed E-state index contributed by atoms with van der Waals surface area (Å²) >= 11 is 11.8. The zero-order chi connectivity index (χ0) is 18.0. The number of cyclic esters (lactones) is 1. The molecule has 0 saturated carbocycles. The lowest BCUT2D eigenvalue weighted by atomic mass is 10.1. The maximum absolute atomic E-state index is 14.3. The Kier molecular flexibility index (Phi) is 5.14. The van der Waals surface area contributed by atoms with E-state index in [1.54, 1.807) is 24.3 Å². The van der Waals surface area contributed by atoms with E-state index in [4.69, 9.17) is 33.0 Å². The van der Waals surface area contributed by atoms with E-state index < -0.39 is 18.0 Å². The average molecular weight is 380 g/mol. The second-order valence-corrected chi connectivity index (χ2v) is 6.24. The van der Waals surface area contributed by atoms with Crippen LogP contribution in [-0.2, 0) is 4.74 Å². The molecule has 0 aliphatic carbocycles. The molecule has 0 radical (unpaired) electrons. The first-order chi connectivity index (χ1) is 12.0. The Labute approximate surface area is 153 Å². The largest absolute Gasteiger partial charge is 0.441 e. The van der Waals surface area contributed by atoms with Crippen LogP contribution in [-0.4, -0.2) is 30.5 Å². The van der Waals surface area contributed by atoms with Crippen molar-refractivity contribution in [2.24, 2.45) is 0 Å². The van der Waals surface area contributed by atoms with Gasteiger partial charge in [0.2, 0.25) is 0 Å². The number of carbonyl (C=O) groups is 1. The van der Waals surface area contributed by atoms with Gasteiger partial charge in [0.25, 0.3) is 0 Å². The Morgan fingerprint density at radius 1 is 1.20 bits per heavy atom. The summed E-state index contributed by atoms with van der Waals surface area (Å²) in [6.45, 7) is -0.114. The molecule has 0 aromatic heterocycles. The lowest BCUT2D eigenvalue weighted by molar-refractivity contribution is 0.0963. The fourth-order valence-corrected chi connectivity index (χ4v) is 2.89. The van der Waals surface area contributed by atoms with Gasteiger partial charge in [0, 0.05) is 15.6 Å². The van der Waals surface area contributed by atoms with Gasteiger partial charge < -0.3 is 9.84 Å². The number of aliphatic hydroxyl groups is 1. The highest BCUT2D eigenvalue weighted by Gasteiger charge is 2.32. The standard InChI is InChI=1S/C18H12Cl2FNO3/c19-13-5-11(6-14(20)7-13)1-2-12-3-4-15(8-17(12)21)22-9-16(10-23)25-18(22)24/h3-8,16,23H,9-10H2/t16-/m1/s1. The van der Waals surface area contributed by atoms with Crippen LogP contribution in [0.2, 0.25) is 10.0 Å². The lowest BCUT2D eigenvalue weighted by Crippen LogP contribution is -2.25. The molecule has 2 aromatic carbocycles. The van der Waals surface area contributed by atoms with E-state index in [2.05, 4.69) is 11.8 Å². The Balaban J connectivity index is 1.84. The Hall–Kier alpha value is -2.26. The molecule has 0 unspecified atom stereocenters. The van der Waals surface area contributed by atoms with Gasteiger partial charge in [-0.2, -0.15) is 0 Å². The summed E-state index contributed by atoms with van der Waals surface area (Å²) in [5.74, 6) is 4.94. The number of hydrogen-bond donors (Lipinski definition) is 1. The molecule has 1 saturated heterocycles. The number of nitrogens with zero attached hydrogens (tertiary/aromatic N) is 1. The normalized spacial score (nSPS) is 16.4. The number of ether oxygens (including phenoxy) is 1. The highest BCUT2D eigenvalue weighted by atomic mass is 35.5. The van der Waals surface area contributed by atoms with Gasteiger partial charge in [-0.25, -0.2) is 9.18 Å². The third-order valence-electron chi connectivity index (χ3n) is 3.55. The molecule has 7 heteroatoms. The first kappa shape index (κ1) is 17.6. The van der Waals surface area contributed by atoms with E-state index in [0.29, 0.717) is 21.3 Å². The van der Waals surface area contributed by atoms with Crippen LogP contribution in [0.5, 0.6) is 0 Å². The minimum Gasteiger partial charge on any atom is -0.441 e. The molecule has 0 spiro atoms. The summed E-state index contributed by atoms with van der Waals surface area (Å²) in [5.41, 5.74) is 1.08. The Morgan fingerprint density at radius 2 is 1.92 bits per heavy atom. The van der Waals surface area contributed by atoms with Crippen LogP contribution in [0.4, 0.5) is 14.9 Å². The SMILES string of the molecule is O=C1O[C@@H](CO)CN1c1ccc(C#Cc2cc(Cl)cc(Cl)c2)c(F)c1. The second-order valence-electron chi connectivity index (χ2n) is 5.37. The summed E-state index contributed by atoms with van der Waals surface area (Å²) in [7, 11) is 0. The molecule has 1 amide bonds. The van der Waals surface area contributed by atoms with Gasteiger partial charge in [0.05, 0.1) is 24.4 Å². The zero-order valence-corrected chi connectivity index (χ0v) is 14.3. The van der Waals surface area contributed by atoms with Crippen LogP contribution in [0.15, 0.2) is 36.4 Å². The van der Waals surface area contributed by atoms with Crippen LogP contribution in [0, 0.1) is 17.7 Å². The third-order valence-corrected chi connectivity index (χ3v) is 3.98. The number of amides is 1. The van der Waals surface area contributed by atoms with Crippen LogP contribution in [0.3, 0.4) is 0 Å². The average Bonchev–Trinajstić information content (AvgIpc) is 2.94. The van der Waals surface area contributed by atoms with Crippen molar-refractivity contribution in [2.75, 3.05) is 18.1 Å². The first-order valence-corrected chi connectivity index (χ1v) is 8.08. The van der Waals surface area contributed by atoms with E-state index in [9.17, 15) is 9.18 Å². The highest BCUT2D eigenvalue weighted by Crippen LogP contribution is 2.24. The summed E-state index contributed by atoms with van der Waals surface area (Å²) in [5, 5.41) is 9.94. The Morgan fingerprint density at radius 3 is 2.52 bits per heavy atom. The van der Waals surface area contributed by atoms with Gasteiger partial charge >= 0.3 is 6.09 Å². The minimum absolute atomic E-state index is 0.167.